The number of hydrogen-bond donors (Lipinski definition) is 0. The van der Waals surface area contributed by atoms with E-state index in [1.807, 2.05) is 0 Å². The van der Waals surface area contributed by atoms with E-state index in [4.69, 9.17) is 0 Å². The fraction of sp³-hybridized carbons (Fsp3) is 0.211. The Bertz CT molecular complexity index is 603. The van der Waals surface area contributed by atoms with Gasteiger partial charge in [-0.05, 0) is 34.6 Å². The maximum absolute atomic E-state index is 2.36. The van der Waals surface area contributed by atoms with Crippen LogP contribution in [-0.2, 0) is 0 Å². The lowest BCUT2D eigenvalue weighted by atomic mass is 9.97. The number of fused-ring (bicyclic) bond motifs is 1. The van der Waals surface area contributed by atoms with Gasteiger partial charge in [0.1, 0.15) is 0 Å². The Morgan fingerprint density at radius 3 is 2.42 bits per heavy atom. The molecule has 0 heterocycles. The molecule has 0 bridgehead atoms. The lowest BCUT2D eigenvalue weighted by Gasteiger charge is -2.07. The topological polar surface area (TPSA) is 0 Å². The highest BCUT2D eigenvalue weighted by Gasteiger charge is 2.17. The van der Waals surface area contributed by atoms with E-state index in [1.165, 1.54) is 27.8 Å². The highest BCUT2D eigenvalue weighted by molar-refractivity contribution is 5.83. The maximum Gasteiger partial charge on any atom is 0.0164 e. The molecular weight excluding hydrogens is 228 g/mol. The van der Waals surface area contributed by atoms with Gasteiger partial charge in [0.25, 0.3) is 0 Å². The first-order valence-electron chi connectivity index (χ1n) is 6.98. The van der Waals surface area contributed by atoms with Gasteiger partial charge in [-0.1, -0.05) is 74.0 Å². The Morgan fingerprint density at radius 2 is 1.68 bits per heavy atom. The van der Waals surface area contributed by atoms with Gasteiger partial charge in [-0.3, -0.25) is 0 Å². The van der Waals surface area contributed by atoms with Crippen molar-refractivity contribution >= 4 is 6.08 Å². The lowest BCUT2D eigenvalue weighted by molar-refractivity contribution is 0.649. The van der Waals surface area contributed by atoms with Crippen LogP contribution in [0.5, 0.6) is 0 Å². The molecule has 0 N–H and O–H groups in total. The Balaban J connectivity index is 2.02. The second-order valence-electron chi connectivity index (χ2n) is 5.64. The van der Waals surface area contributed by atoms with Crippen molar-refractivity contribution in [1.82, 2.24) is 0 Å². The van der Waals surface area contributed by atoms with Gasteiger partial charge in [0, 0.05) is 6.42 Å². The van der Waals surface area contributed by atoms with E-state index < -0.39 is 0 Å². The van der Waals surface area contributed by atoms with Crippen LogP contribution in [0.15, 0.2) is 54.1 Å². The Kier molecular flexibility index (Phi) is 3.25. The lowest BCUT2D eigenvalue weighted by Crippen LogP contribution is -1.89. The second-order valence-corrected chi connectivity index (χ2v) is 5.64. The standard InChI is InChI=1S/C19H19/c1-14(2)11-15-12-17-9-6-10-18(19(17)13-15)16-7-4-3-5-8-16/h3-10,12-14H,11H2,1-2H3. The molecule has 0 atom stereocenters. The first-order valence-corrected chi connectivity index (χ1v) is 6.98. The molecule has 2 aromatic rings. The van der Waals surface area contributed by atoms with Crippen LogP contribution in [0.2, 0.25) is 0 Å². The van der Waals surface area contributed by atoms with Crippen LogP contribution in [0, 0.1) is 12.3 Å². The molecule has 0 unspecified atom stereocenters. The first kappa shape index (κ1) is 12.2. The van der Waals surface area contributed by atoms with Crippen LogP contribution in [0.3, 0.4) is 0 Å². The summed E-state index contributed by atoms with van der Waals surface area (Å²) in [6.45, 7) is 4.55. The maximum atomic E-state index is 2.36. The fourth-order valence-electron chi connectivity index (χ4n) is 2.76. The third kappa shape index (κ3) is 2.49. The van der Waals surface area contributed by atoms with Gasteiger partial charge >= 0.3 is 0 Å². The molecule has 0 amide bonds. The molecule has 1 aliphatic rings. The molecule has 0 fully saturated rings. The number of hydrogen-bond acceptors (Lipinski definition) is 0. The summed E-state index contributed by atoms with van der Waals surface area (Å²) in [7, 11) is 0. The molecule has 3 rings (SSSR count). The monoisotopic (exact) mass is 247 g/mol. The van der Waals surface area contributed by atoms with Crippen LogP contribution in [0.25, 0.3) is 17.2 Å². The third-order valence-corrected chi connectivity index (χ3v) is 3.54. The summed E-state index contributed by atoms with van der Waals surface area (Å²) in [5.74, 6) is 0.706. The molecule has 0 aromatic heterocycles. The Morgan fingerprint density at radius 1 is 0.895 bits per heavy atom. The summed E-state index contributed by atoms with van der Waals surface area (Å²) in [5, 5.41) is 0. The predicted molar refractivity (Wildman–Crippen MR) is 82.7 cm³/mol. The van der Waals surface area contributed by atoms with Gasteiger partial charge in [0.2, 0.25) is 0 Å². The van der Waals surface area contributed by atoms with E-state index in [1.54, 1.807) is 0 Å². The van der Waals surface area contributed by atoms with Gasteiger partial charge in [0.15, 0.2) is 0 Å². The van der Waals surface area contributed by atoms with Crippen molar-refractivity contribution in [2.45, 2.75) is 20.3 Å². The normalized spacial score (nSPS) is 13.5. The van der Waals surface area contributed by atoms with Gasteiger partial charge in [0.05, 0.1) is 0 Å². The highest BCUT2D eigenvalue weighted by atomic mass is 14.2. The van der Waals surface area contributed by atoms with E-state index in [0.29, 0.717) is 5.92 Å². The predicted octanol–water partition coefficient (Wildman–Crippen LogP) is 5.35. The van der Waals surface area contributed by atoms with E-state index >= 15 is 0 Å². The summed E-state index contributed by atoms with van der Waals surface area (Å²) in [6.07, 6.45) is 5.85. The molecule has 0 nitrogen and oxygen atoms in total. The minimum Gasteiger partial charge on any atom is -0.0625 e. The van der Waals surface area contributed by atoms with Crippen molar-refractivity contribution in [3.05, 3.63) is 71.7 Å². The molecule has 0 saturated carbocycles. The number of rotatable bonds is 3. The van der Waals surface area contributed by atoms with Crippen LogP contribution in [0.4, 0.5) is 0 Å². The number of allylic oxidation sites excluding steroid dienone is 1. The van der Waals surface area contributed by atoms with E-state index in [9.17, 15) is 0 Å². The number of benzene rings is 2. The van der Waals surface area contributed by atoms with E-state index in [0.717, 1.165) is 6.42 Å². The molecule has 0 spiro atoms. The van der Waals surface area contributed by atoms with Gasteiger partial charge in [-0.25, -0.2) is 0 Å². The minimum atomic E-state index is 0.706. The summed E-state index contributed by atoms with van der Waals surface area (Å²) in [4.78, 5) is 0. The zero-order valence-corrected chi connectivity index (χ0v) is 11.6. The molecule has 0 heteroatoms. The average Bonchev–Trinajstić information content (AvgIpc) is 2.80. The van der Waals surface area contributed by atoms with Crippen LogP contribution < -0.4 is 0 Å². The van der Waals surface area contributed by atoms with Crippen LogP contribution in [0.1, 0.15) is 31.4 Å². The quantitative estimate of drug-likeness (QED) is 0.686. The summed E-state index contributed by atoms with van der Waals surface area (Å²) < 4.78 is 0. The van der Waals surface area contributed by atoms with Crippen molar-refractivity contribution in [3.8, 4) is 11.1 Å². The van der Waals surface area contributed by atoms with Gasteiger partial charge < -0.3 is 0 Å². The van der Waals surface area contributed by atoms with Crippen molar-refractivity contribution in [2.24, 2.45) is 5.92 Å². The Labute approximate surface area is 115 Å². The highest BCUT2D eigenvalue weighted by Crippen LogP contribution is 2.36. The zero-order valence-electron chi connectivity index (χ0n) is 11.6. The molecule has 19 heavy (non-hydrogen) atoms. The van der Waals surface area contributed by atoms with Crippen molar-refractivity contribution in [1.29, 1.82) is 0 Å². The molecule has 1 aliphatic carbocycles. The molecular formula is C19H19. The molecule has 0 aliphatic heterocycles. The third-order valence-electron chi connectivity index (χ3n) is 3.54. The smallest absolute Gasteiger partial charge is 0.0164 e. The summed E-state index contributed by atoms with van der Waals surface area (Å²) >= 11 is 0. The van der Waals surface area contributed by atoms with Crippen molar-refractivity contribution in [3.63, 3.8) is 0 Å². The van der Waals surface area contributed by atoms with Crippen LogP contribution >= 0.6 is 0 Å². The molecule has 1 radical (unpaired) electrons. The minimum absolute atomic E-state index is 0.706. The molecule has 0 saturated heterocycles. The van der Waals surface area contributed by atoms with Gasteiger partial charge in [-0.2, -0.15) is 0 Å². The second kappa shape index (κ2) is 5.05. The molecule has 2 aromatic carbocycles. The Hall–Kier alpha value is -1.82. The first-order chi connectivity index (χ1) is 9.24. The van der Waals surface area contributed by atoms with Crippen molar-refractivity contribution in [2.75, 3.05) is 0 Å². The van der Waals surface area contributed by atoms with Crippen LogP contribution in [-0.4, -0.2) is 0 Å². The van der Waals surface area contributed by atoms with Crippen molar-refractivity contribution < 1.29 is 0 Å². The zero-order chi connectivity index (χ0) is 13.2. The van der Waals surface area contributed by atoms with E-state index in [2.05, 4.69) is 74.9 Å². The fourth-order valence-corrected chi connectivity index (χ4v) is 2.76. The average molecular weight is 247 g/mol. The molecule has 95 valence electrons. The SMILES string of the molecule is CC(C)CC1=Cc2c(cccc2-c2ccccc2)[CH]1. The largest absolute Gasteiger partial charge is 0.0625 e. The van der Waals surface area contributed by atoms with Gasteiger partial charge in [-0.15, -0.1) is 0 Å². The summed E-state index contributed by atoms with van der Waals surface area (Å²) in [5.41, 5.74) is 6.83. The summed E-state index contributed by atoms with van der Waals surface area (Å²) in [6, 6.07) is 17.2. The van der Waals surface area contributed by atoms with E-state index in [-0.39, 0.29) is 0 Å².